The van der Waals surface area contributed by atoms with Gasteiger partial charge >= 0.3 is 0 Å². The summed E-state index contributed by atoms with van der Waals surface area (Å²) in [6.45, 7) is 1.78. The van der Waals surface area contributed by atoms with Crippen LogP contribution in [0.1, 0.15) is 46.4 Å². The second kappa shape index (κ2) is 11.1. The summed E-state index contributed by atoms with van der Waals surface area (Å²) in [7, 11) is 1.55. The predicted octanol–water partition coefficient (Wildman–Crippen LogP) is 2.60. The van der Waals surface area contributed by atoms with Crippen molar-refractivity contribution in [2.24, 2.45) is 0 Å². The normalized spacial score (nSPS) is 22.5. The molecule has 3 aliphatic heterocycles. The SMILES string of the molecule is COc1ccc(C(=O)N2C(C(=O)NCC3CCCO3)COC23CCN(C(=O)c2ccc(F)cc2)CC3)cc1. The summed E-state index contributed by atoms with van der Waals surface area (Å²) in [4.78, 5) is 43.4. The Morgan fingerprint density at radius 2 is 1.68 bits per heavy atom. The number of carbonyl (C=O) groups excluding carboxylic acids is 3. The smallest absolute Gasteiger partial charge is 0.256 e. The van der Waals surface area contributed by atoms with E-state index in [1.165, 1.54) is 24.3 Å². The molecule has 5 rings (SSSR count). The van der Waals surface area contributed by atoms with Crippen molar-refractivity contribution in [3.8, 4) is 5.75 Å². The highest BCUT2D eigenvalue weighted by Crippen LogP contribution is 2.39. The van der Waals surface area contributed by atoms with Crippen LogP contribution in [-0.2, 0) is 14.3 Å². The van der Waals surface area contributed by atoms with E-state index in [2.05, 4.69) is 5.32 Å². The van der Waals surface area contributed by atoms with Gasteiger partial charge in [0.2, 0.25) is 5.91 Å². The number of nitrogens with one attached hydrogen (secondary N) is 1. The van der Waals surface area contributed by atoms with Crippen molar-refractivity contribution in [1.29, 1.82) is 0 Å². The first-order valence-corrected chi connectivity index (χ1v) is 13.0. The number of nitrogens with zero attached hydrogens (tertiary/aromatic N) is 2. The van der Waals surface area contributed by atoms with Crippen LogP contribution in [-0.4, -0.2) is 85.3 Å². The zero-order valence-electron chi connectivity index (χ0n) is 21.4. The van der Waals surface area contributed by atoms with Crippen LogP contribution >= 0.6 is 0 Å². The quantitative estimate of drug-likeness (QED) is 0.623. The minimum Gasteiger partial charge on any atom is -0.497 e. The Morgan fingerprint density at radius 1 is 1.03 bits per heavy atom. The molecule has 2 atom stereocenters. The van der Waals surface area contributed by atoms with E-state index in [0.29, 0.717) is 56.0 Å². The average molecular weight is 526 g/mol. The number of likely N-dealkylation sites (tertiary alicyclic amines) is 1. The average Bonchev–Trinajstić information content (AvgIpc) is 3.60. The maximum absolute atomic E-state index is 13.8. The number of hydrogen-bond acceptors (Lipinski definition) is 6. The zero-order chi connectivity index (χ0) is 26.7. The molecule has 3 amide bonds. The van der Waals surface area contributed by atoms with Crippen LogP contribution < -0.4 is 10.1 Å². The van der Waals surface area contributed by atoms with Gasteiger partial charge in [0.25, 0.3) is 11.8 Å². The molecule has 38 heavy (non-hydrogen) atoms. The van der Waals surface area contributed by atoms with Crippen LogP contribution in [0.3, 0.4) is 0 Å². The van der Waals surface area contributed by atoms with Gasteiger partial charge in [-0.1, -0.05) is 0 Å². The maximum Gasteiger partial charge on any atom is 0.256 e. The molecule has 2 unspecified atom stereocenters. The van der Waals surface area contributed by atoms with Gasteiger partial charge in [-0.15, -0.1) is 0 Å². The monoisotopic (exact) mass is 525 g/mol. The molecule has 3 saturated heterocycles. The van der Waals surface area contributed by atoms with Crippen molar-refractivity contribution in [3.63, 3.8) is 0 Å². The lowest BCUT2D eigenvalue weighted by Crippen LogP contribution is -2.60. The van der Waals surface area contributed by atoms with E-state index in [1.54, 1.807) is 41.2 Å². The van der Waals surface area contributed by atoms with Gasteiger partial charge in [0.05, 0.1) is 19.8 Å². The van der Waals surface area contributed by atoms with Crippen LogP contribution in [0.5, 0.6) is 5.75 Å². The summed E-state index contributed by atoms with van der Waals surface area (Å²) in [5.41, 5.74) is -0.215. The molecular weight excluding hydrogens is 493 g/mol. The number of ether oxygens (including phenoxy) is 3. The number of carbonyl (C=O) groups is 3. The molecule has 3 aliphatic rings. The van der Waals surface area contributed by atoms with Crippen LogP contribution in [0.15, 0.2) is 48.5 Å². The molecule has 9 nitrogen and oxygen atoms in total. The van der Waals surface area contributed by atoms with Crippen molar-refractivity contribution in [3.05, 3.63) is 65.5 Å². The summed E-state index contributed by atoms with van der Waals surface area (Å²) in [6.07, 6.45) is 2.51. The van der Waals surface area contributed by atoms with Gasteiger partial charge in [0, 0.05) is 50.2 Å². The van der Waals surface area contributed by atoms with Crippen LogP contribution in [0, 0.1) is 5.82 Å². The number of methoxy groups -OCH3 is 1. The molecule has 10 heteroatoms. The fourth-order valence-corrected chi connectivity index (χ4v) is 5.41. The van der Waals surface area contributed by atoms with Gasteiger partial charge in [-0.3, -0.25) is 19.3 Å². The molecule has 0 bridgehead atoms. The van der Waals surface area contributed by atoms with Gasteiger partial charge in [-0.05, 0) is 61.4 Å². The molecule has 3 heterocycles. The third-order valence-corrected chi connectivity index (χ3v) is 7.57. The van der Waals surface area contributed by atoms with Crippen molar-refractivity contribution in [2.75, 3.05) is 40.0 Å². The molecule has 2 aromatic rings. The molecule has 0 saturated carbocycles. The molecule has 1 N–H and O–H groups in total. The predicted molar refractivity (Wildman–Crippen MR) is 135 cm³/mol. The molecule has 0 aliphatic carbocycles. The second-order valence-corrected chi connectivity index (χ2v) is 9.86. The number of hydrogen-bond donors (Lipinski definition) is 1. The second-order valence-electron chi connectivity index (χ2n) is 9.86. The van der Waals surface area contributed by atoms with Gasteiger partial charge in [0.1, 0.15) is 23.3 Å². The summed E-state index contributed by atoms with van der Waals surface area (Å²) in [5, 5.41) is 2.94. The van der Waals surface area contributed by atoms with Crippen molar-refractivity contribution >= 4 is 17.7 Å². The van der Waals surface area contributed by atoms with Crippen LogP contribution in [0.2, 0.25) is 0 Å². The third kappa shape index (κ3) is 5.23. The third-order valence-electron chi connectivity index (χ3n) is 7.57. The standard InChI is InChI=1S/C28H32FN3O6/c1-36-22-10-6-20(7-11-22)27(35)32-24(25(33)30-17-23-3-2-16-37-23)18-38-28(32)12-14-31(15-13-28)26(34)19-4-8-21(29)9-5-19/h4-11,23-24H,2-3,12-18H2,1H3,(H,30,33). The summed E-state index contributed by atoms with van der Waals surface area (Å²) in [5.74, 6) is -0.607. The van der Waals surface area contributed by atoms with E-state index in [4.69, 9.17) is 14.2 Å². The first-order chi connectivity index (χ1) is 18.4. The van der Waals surface area contributed by atoms with Gasteiger partial charge in [-0.2, -0.15) is 0 Å². The fraction of sp³-hybridized carbons (Fsp3) is 0.464. The van der Waals surface area contributed by atoms with E-state index < -0.39 is 17.6 Å². The van der Waals surface area contributed by atoms with Crippen molar-refractivity contribution in [1.82, 2.24) is 15.1 Å². The maximum atomic E-state index is 13.8. The molecule has 0 aromatic heterocycles. The van der Waals surface area contributed by atoms with Crippen LogP contribution in [0.25, 0.3) is 0 Å². The molecule has 3 fully saturated rings. The lowest BCUT2D eigenvalue weighted by molar-refractivity contribution is -0.128. The lowest BCUT2D eigenvalue weighted by Gasteiger charge is -2.44. The van der Waals surface area contributed by atoms with E-state index in [1.807, 2.05) is 0 Å². The van der Waals surface area contributed by atoms with Crippen molar-refractivity contribution < 1.29 is 33.0 Å². The Labute approximate surface area is 220 Å². The first-order valence-electron chi connectivity index (χ1n) is 13.0. The summed E-state index contributed by atoms with van der Waals surface area (Å²) in [6, 6.07) is 11.4. The van der Waals surface area contributed by atoms with E-state index in [9.17, 15) is 18.8 Å². The summed E-state index contributed by atoms with van der Waals surface area (Å²) >= 11 is 0. The lowest BCUT2D eigenvalue weighted by atomic mass is 9.96. The minimum absolute atomic E-state index is 0.0262. The van der Waals surface area contributed by atoms with Crippen LogP contribution in [0.4, 0.5) is 4.39 Å². The number of amides is 3. The summed E-state index contributed by atoms with van der Waals surface area (Å²) < 4.78 is 30.4. The highest BCUT2D eigenvalue weighted by atomic mass is 19.1. The van der Waals surface area contributed by atoms with E-state index >= 15 is 0 Å². The largest absolute Gasteiger partial charge is 0.497 e. The Hall–Kier alpha value is -3.50. The Morgan fingerprint density at radius 3 is 2.32 bits per heavy atom. The molecule has 0 radical (unpaired) electrons. The van der Waals surface area contributed by atoms with Crippen molar-refractivity contribution in [2.45, 2.75) is 43.6 Å². The number of halogens is 1. The highest BCUT2D eigenvalue weighted by Gasteiger charge is 2.54. The molecule has 2 aromatic carbocycles. The molecule has 202 valence electrons. The topological polar surface area (TPSA) is 97.4 Å². The van der Waals surface area contributed by atoms with Gasteiger partial charge in [-0.25, -0.2) is 4.39 Å². The fourth-order valence-electron chi connectivity index (χ4n) is 5.41. The Kier molecular flexibility index (Phi) is 7.62. The Bertz CT molecular complexity index is 1160. The highest BCUT2D eigenvalue weighted by molar-refractivity contribution is 5.99. The Balaban J connectivity index is 1.34. The number of benzene rings is 2. The minimum atomic E-state index is -1.03. The molecular formula is C28H32FN3O6. The first kappa shape index (κ1) is 26.1. The van der Waals surface area contributed by atoms with E-state index in [-0.39, 0.29) is 30.4 Å². The number of piperidine rings is 1. The van der Waals surface area contributed by atoms with Gasteiger partial charge in [0.15, 0.2) is 0 Å². The zero-order valence-corrected chi connectivity index (χ0v) is 21.4. The number of rotatable bonds is 6. The molecule has 1 spiro atoms. The van der Waals surface area contributed by atoms with Gasteiger partial charge < -0.3 is 24.4 Å². The van der Waals surface area contributed by atoms with E-state index in [0.717, 1.165) is 12.8 Å².